The van der Waals surface area contributed by atoms with Gasteiger partial charge in [0.15, 0.2) is 24.1 Å². The lowest BCUT2D eigenvalue weighted by Crippen LogP contribution is -2.20. The zero-order valence-corrected chi connectivity index (χ0v) is 12.6. The van der Waals surface area contributed by atoms with Crippen molar-refractivity contribution in [2.75, 3.05) is 19.0 Å². The van der Waals surface area contributed by atoms with Crippen LogP contribution in [0.25, 0.3) is 11.2 Å². The van der Waals surface area contributed by atoms with E-state index < -0.39 is 32.0 Å². The Labute approximate surface area is 125 Å². The number of aliphatic hydroxyl groups is 1. The maximum absolute atomic E-state index is 11.7. The minimum absolute atomic E-state index is 0.0467. The standard InChI is InChI=1S/C11H14N5O5P/c1-22(19)20-3-5-2-6(17)10(21-5)16-4-13-7-8(16)14-11(12)15-9(7)18/h4-6,10,17H,2-3H2,1H3,(H2-,12,14,15,18)/p+1. The van der Waals surface area contributed by atoms with Crippen LogP contribution in [-0.4, -0.2) is 50.1 Å². The number of nitrogens with two attached hydrogens (primary N) is 1. The van der Waals surface area contributed by atoms with Gasteiger partial charge in [-0.25, -0.2) is 4.98 Å². The largest absolute Gasteiger partial charge is 0.504 e. The number of fused-ring (bicyclic) bond motifs is 1. The topological polar surface area (TPSA) is 145 Å². The number of aliphatic hydroxyl groups excluding tert-OH is 1. The van der Waals surface area contributed by atoms with E-state index in [1.807, 2.05) is 0 Å². The highest BCUT2D eigenvalue weighted by Gasteiger charge is 2.37. The average Bonchev–Trinajstić information content (AvgIpc) is 3.00. The highest BCUT2D eigenvalue weighted by molar-refractivity contribution is 7.38. The van der Waals surface area contributed by atoms with Crippen molar-refractivity contribution in [3.05, 3.63) is 16.7 Å². The van der Waals surface area contributed by atoms with E-state index in [0.29, 0.717) is 6.42 Å². The number of aromatic nitrogens is 4. The molecule has 2 aromatic rings. The Hall–Kier alpha value is -1.87. The third-order valence-corrected chi connectivity index (χ3v) is 3.85. The van der Waals surface area contributed by atoms with Crippen LogP contribution in [0.5, 0.6) is 0 Å². The fourth-order valence-corrected chi connectivity index (χ4v) is 2.78. The third-order valence-electron chi connectivity index (χ3n) is 3.33. The quantitative estimate of drug-likeness (QED) is 0.651. The second-order valence-electron chi connectivity index (χ2n) is 4.96. The molecular formula is C11H15N5O5P+. The molecule has 0 saturated carbocycles. The summed E-state index contributed by atoms with van der Waals surface area (Å²) in [5, 5.41) is 10.1. The Balaban J connectivity index is 1.88. The Kier molecular flexibility index (Phi) is 3.92. The molecule has 118 valence electrons. The van der Waals surface area contributed by atoms with Gasteiger partial charge >= 0.3 is 8.03 Å². The molecule has 2 aromatic heterocycles. The van der Waals surface area contributed by atoms with E-state index in [1.54, 1.807) is 0 Å². The molecule has 0 bridgehead atoms. The number of nitrogen functional groups attached to an aromatic ring is 1. The molecule has 11 heteroatoms. The van der Waals surface area contributed by atoms with Gasteiger partial charge < -0.3 is 15.6 Å². The lowest BCUT2D eigenvalue weighted by atomic mass is 10.2. The van der Waals surface area contributed by atoms with E-state index in [0.717, 1.165) is 0 Å². The molecule has 0 aliphatic carbocycles. The Morgan fingerprint density at radius 3 is 3.18 bits per heavy atom. The molecule has 4 N–H and O–H groups in total. The molecule has 1 saturated heterocycles. The van der Waals surface area contributed by atoms with Crippen LogP contribution in [0.1, 0.15) is 12.6 Å². The first-order valence-electron chi connectivity index (χ1n) is 6.55. The maximum atomic E-state index is 11.7. The number of hydrogen-bond acceptors (Lipinski definition) is 8. The van der Waals surface area contributed by atoms with Gasteiger partial charge in [0.1, 0.15) is 12.7 Å². The Bertz CT molecular complexity index is 774. The van der Waals surface area contributed by atoms with Crippen LogP contribution >= 0.6 is 8.03 Å². The summed E-state index contributed by atoms with van der Waals surface area (Å²) >= 11 is 0. The van der Waals surface area contributed by atoms with Crippen molar-refractivity contribution in [1.82, 2.24) is 19.5 Å². The molecule has 0 radical (unpaired) electrons. The van der Waals surface area contributed by atoms with Crippen LogP contribution in [0.15, 0.2) is 11.1 Å². The van der Waals surface area contributed by atoms with Crippen LogP contribution in [-0.2, 0) is 13.8 Å². The zero-order chi connectivity index (χ0) is 15.9. The molecule has 4 unspecified atom stereocenters. The Morgan fingerprint density at radius 1 is 1.68 bits per heavy atom. The van der Waals surface area contributed by atoms with E-state index >= 15 is 0 Å². The summed E-state index contributed by atoms with van der Waals surface area (Å²) in [6, 6.07) is 0. The van der Waals surface area contributed by atoms with Gasteiger partial charge in [-0.2, -0.15) is 4.98 Å². The van der Waals surface area contributed by atoms with Crippen molar-refractivity contribution in [2.45, 2.75) is 24.9 Å². The molecule has 0 aromatic carbocycles. The van der Waals surface area contributed by atoms with E-state index in [-0.39, 0.29) is 23.7 Å². The molecule has 22 heavy (non-hydrogen) atoms. The highest BCUT2D eigenvalue weighted by atomic mass is 31.1. The van der Waals surface area contributed by atoms with Gasteiger partial charge in [-0.05, 0) is 4.57 Å². The van der Waals surface area contributed by atoms with Gasteiger partial charge in [0.05, 0.1) is 12.4 Å². The number of ether oxygens (including phenoxy) is 1. The van der Waals surface area contributed by atoms with Crippen molar-refractivity contribution in [3.63, 3.8) is 0 Å². The van der Waals surface area contributed by atoms with E-state index in [4.69, 9.17) is 15.0 Å². The molecule has 1 aliphatic rings. The summed E-state index contributed by atoms with van der Waals surface area (Å²) in [6.45, 7) is 1.56. The van der Waals surface area contributed by atoms with Crippen molar-refractivity contribution in [3.8, 4) is 0 Å². The maximum Gasteiger partial charge on any atom is 0.504 e. The van der Waals surface area contributed by atoms with Gasteiger partial charge in [0.2, 0.25) is 5.95 Å². The molecule has 0 amide bonds. The van der Waals surface area contributed by atoms with Crippen LogP contribution < -0.4 is 11.3 Å². The molecule has 4 atom stereocenters. The number of imidazole rings is 1. The molecule has 10 nitrogen and oxygen atoms in total. The first kappa shape index (κ1) is 15.0. The lowest BCUT2D eigenvalue weighted by Gasteiger charge is -2.16. The van der Waals surface area contributed by atoms with Crippen LogP contribution in [0.2, 0.25) is 0 Å². The smallest absolute Gasteiger partial charge is 0.388 e. The van der Waals surface area contributed by atoms with Crippen molar-refractivity contribution >= 4 is 25.1 Å². The minimum Gasteiger partial charge on any atom is -0.388 e. The summed E-state index contributed by atoms with van der Waals surface area (Å²) in [4.78, 5) is 22.1. The average molecular weight is 328 g/mol. The SMILES string of the molecule is C[P+](=O)OCC1CC(O)C(n2cnc3c(=O)[nH]c(N)nc32)O1. The predicted molar refractivity (Wildman–Crippen MR) is 76.6 cm³/mol. The van der Waals surface area contributed by atoms with E-state index in [2.05, 4.69) is 15.0 Å². The fraction of sp³-hybridized carbons (Fsp3) is 0.545. The van der Waals surface area contributed by atoms with Gasteiger partial charge in [0.25, 0.3) is 5.56 Å². The number of rotatable bonds is 4. The summed E-state index contributed by atoms with van der Waals surface area (Å²) in [6.07, 6.45) is -0.323. The molecule has 1 fully saturated rings. The monoisotopic (exact) mass is 328 g/mol. The second-order valence-corrected chi connectivity index (χ2v) is 6.10. The predicted octanol–water partition coefficient (Wildman–Crippen LogP) is -0.261. The van der Waals surface area contributed by atoms with Gasteiger partial charge in [0, 0.05) is 6.42 Å². The number of nitrogens with one attached hydrogen (secondary N) is 1. The van der Waals surface area contributed by atoms with Gasteiger partial charge in [-0.1, -0.05) is 0 Å². The van der Waals surface area contributed by atoms with Crippen molar-refractivity contribution in [2.24, 2.45) is 0 Å². The zero-order valence-electron chi connectivity index (χ0n) is 11.7. The number of hydrogen-bond donors (Lipinski definition) is 3. The first-order valence-corrected chi connectivity index (χ1v) is 8.18. The molecular weight excluding hydrogens is 313 g/mol. The van der Waals surface area contributed by atoms with Crippen LogP contribution in [0.4, 0.5) is 5.95 Å². The van der Waals surface area contributed by atoms with Crippen LogP contribution in [0.3, 0.4) is 0 Å². The number of H-pyrrole nitrogens is 1. The summed E-state index contributed by atoms with van der Waals surface area (Å²) in [7, 11) is -1.73. The lowest BCUT2D eigenvalue weighted by molar-refractivity contribution is -0.0450. The number of aromatic amines is 1. The van der Waals surface area contributed by atoms with Crippen molar-refractivity contribution < 1.29 is 18.9 Å². The third kappa shape index (κ3) is 2.73. The number of anilines is 1. The Morgan fingerprint density at radius 2 is 2.45 bits per heavy atom. The van der Waals surface area contributed by atoms with E-state index in [1.165, 1.54) is 17.6 Å². The van der Waals surface area contributed by atoms with Gasteiger partial charge in [-0.15, -0.1) is 4.52 Å². The second kappa shape index (κ2) is 5.73. The molecule has 0 spiro atoms. The van der Waals surface area contributed by atoms with Crippen LogP contribution in [0, 0.1) is 0 Å². The normalized spacial score (nSPS) is 25.7. The fourth-order valence-electron chi connectivity index (χ4n) is 2.40. The highest BCUT2D eigenvalue weighted by Crippen LogP contribution is 2.32. The summed E-state index contributed by atoms with van der Waals surface area (Å²) < 4.78 is 23.1. The minimum atomic E-state index is -1.73. The summed E-state index contributed by atoms with van der Waals surface area (Å²) in [5.41, 5.74) is 5.41. The molecule has 3 heterocycles. The number of nitrogens with zero attached hydrogens (tertiary/aromatic N) is 3. The first-order chi connectivity index (χ1) is 10.5. The van der Waals surface area contributed by atoms with E-state index in [9.17, 15) is 14.5 Å². The summed E-state index contributed by atoms with van der Waals surface area (Å²) in [5.74, 6) is -0.0467. The van der Waals surface area contributed by atoms with Crippen molar-refractivity contribution in [1.29, 1.82) is 0 Å². The van der Waals surface area contributed by atoms with Gasteiger partial charge in [-0.3, -0.25) is 14.3 Å². The molecule has 1 aliphatic heterocycles. The molecule has 3 rings (SSSR count).